The molecule has 0 aliphatic rings. The van der Waals surface area contributed by atoms with E-state index in [9.17, 15) is 0 Å². The minimum Gasteiger partial charge on any atom is -0.0747 e. The van der Waals surface area contributed by atoms with Crippen LogP contribution in [0.25, 0.3) is 0 Å². The Kier molecular flexibility index (Phi) is 11.8. The van der Waals surface area contributed by atoms with Gasteiger partial charge in [-0.1, -0.05) is 45.3 Å². The molecule has 0 heterocycles. The molecule has 0 rings (SSSR count). The SMILES string of the molecule is CC.CCC/C(C)=C(/C)CC. The quantitative estimate of drug-likeness (QED) is 0.525. The second-order valence-electron chi connectivity index (χ2n) is 2.66. The van der Waals surface area contributed by atoms with Crippen molar-refractivity contribution < 1.29 is 0 Å². The van der Waals surface area contributed by atoms with Crippen molar-refractivity contribution in [3.05, 3.63) is 11.1 Å². The Morgan fingerprint density at radius 1 is 0.909 bits per heavy atom. The lowest BCUT2D eigenvalue weighted by Gasteiger charge is -2.02. The van der Waals surface area contributed by atoms with Gasteiger partial charge in [-0.15, -0.1) is 0 Å². The zero-order valence-electron chi connectivity index (χ0n) is 9.12. The van der Waals surface area contributed by atoms with Crippen LogP contribution in [0.15, 0.2) is 11.1 Å². The molecule has 0 N–H and O–H groups in total. The number of rotatable bonds is 3. The molecule has 0 aliphatic carbocycles. The molecule has 0 amide bonds. The third-order valence-electron chi connectivity index (χ3n) is 1.88. The van der Waals surface area contributed by atoms with Gasteiger partial charge in [0, 0.05) is 0 Å². The maximum atomic E-state index is 2.24. The molecule has 0 saturated heterocycles. The first-order chi connectivity index (χ1) is 5.22. The average molecular weight is 156 g/mol. The predicted molar refractivity (Wildman–Crippen MR) is 54.9 cm³/mol. The fourth-order valence-electron chi connectivity index (χ4n) is 0.890. The van der Waals surface area contributed by atoms with Crippen LogP contribution in [0.3, 0.4) is 0 Å². The van der Waals surface area contributed by atoms with E-state index in [1.54, 1.807) is 11.1 Å². The molecular weight excluding hydrogens is 132 g/mol. The van der Waals surface area contributed by atoms with Crippen LogP contribution in [-0.2, 0) is 0 Å². The summed E-state index contributed by atoms with van der Waals surface area (Å²) in [6.07, 6.45) is 3.77. The van der Waals surface area contributed by atoms with Crippen LogP contribution in [0, 0.1) is 0 Å². The average Bonchev–Trinajstić information content (AvgIpc) is 2.07. The smallest absolute Gasteiger partial charge is 0.0323 e. The van der Waals surface area contributed by atoms with Crippen LogP contribution in [0.1, 0.15) is 60.8 Å². The van der Waals surface area contributed by atoms with Crippen molar-refractivity contribution in [3.63, 3.8) is 0 Å². The molecule has 0 saturated carbocycles. The fourth-order valence-corrected chi connectivity index (χ4v) is 0.890. The Morgan fingerprint density at radius 2 is 1.36 bits per heavy atom. The van der Waals surface area contributed by atoms with Crippen molar-refractivity contribution in [2.75, 3.05) is 0 Å². The molecule has 0 nitrogen and oxygen atoms in total. The highest BCUT2D eigenvalue weighted by Crippen LogP contribution is 2.11. The summed E-state index contributed by atoms with van der Waals surface area (Å²) < 4.78 is 0. The van der Waals surface area contributed by atoms with Crippen LogP contribution < -0.4 is 0 Å². The zero-order valence-corrected chi connectivity index (χ0v) is 9.12. The molecule has 0 aromatic rings. The minimum absolute atomic E-state index is 1.21. The summed E-state index contributed by atoms with van der Waals surface area (Å²) in [5.41, 5.74) is 3.15. The molecular formula is C11H24. The minimum atomic E-state index is 1.21. The normalized spacial score (nSPS) is 11.5. The Hall–Kier alpha value is -0.260. The van der Waals surface area contributed by atoms with Crippen molar-refractivity contribution in [1.29, 1.82) is 0 Å². The van der Waals surface area contributed by atoms with E-state index >= 15 is 0 Å². The van der Waals surface area contributed by atoms with Crippen molar-refractivity contribution in [2.24, 2.45) is 0 Å². The molecule has 0 aliphatic heterocycles. The van der Waals surface area contributed by atoms with Gasteiger partial charge in [-0.25, -0.2) is 0 Å². The summed E-state index contributed by atoms with van der Waals surface area (Å²) >= 11 is 0. The van der Waals surface area contributed by atoms with Crippen molar-refractivity contribution >= 4 is 0 Å². The van der Waals surface area contributed by atoms with Crippen molar-refractivity contribution in [2.45, 2.75) is 60.8 Å². The molecule has 0 bridgehead atoms. The molecule has 0 radical (unpaired) electrons. The van der Waals surface area contributed by atoms with Gasteiger partial charge in [0.15, 0.2) is 0 Å². The lowest BCUT2D eigenvalue weighted by Crippen LogP contribution is -1.81. The van der Waals surface area contributed by atoms with E-state index in [-0.39, 0.29) is 0 Å². The molecule has 68 valence electrons. The highest BCUT2D eigenvalue weighted by Gasteiger charge is 1.91. The van der Waals surface area contributed by atoms with Crippen LogP contribution in [0.2, 0.25) is 0 Å². The molecule has 0 fully saturated rings. The van der Waals surface area contributed by atoms with E-state index in [1.807, 2.05) is 13.8 Å². The van der Waals surface area contributed by atoms with Crippen LogP contribution in [0.5, 0.6) is 0 Å². The topological polar surface area (TPSA) is 0 Å². The molecule has 0 atom stereocenters. The largest absolute Gasteiger partial charge is 0.0747 e. The van der Waals surface area contributed by atoms with Gasteiger partial charge in [-0.2, -0.15) is 0 Å². The van der Waals surface area contributed by atoms with Gasteiger partial charge in [0.25, 0.3) is 0 Å². The molecule has 0 spiro atoms. The Balaban J connectivity index is 0. The van der Waals surface area contributed by atoms with E-state index in [2.05, 4.69) is 27.7 Å². The highest BCUT2D eigenvalue weighted by molar-refractivity contribution is 5.08. The van der Waals surface area contributed by atoms with Gasteiger partial charge >= 0.3 is 0 Å². The summed E-state index contributed by atoms with van der Waals surface area (Å²) in [5.74, 6) is 0. The Morgan fingerprint density at radius 3 is 1.64 bits per heavy atom. The highest BCUT2D eigenvalue weighted by atomic mass is 14.0. The van der Waals surface area contributed by atoms with Gasteiger partial charge in [0.05, 0.1) is 0 Å². The van der Waals surface area contributed by atoms with Crippen molar-refractivity contribution in [3.8, 4) is 0 Å². The molecule has 0 aromatic heterocycles. The van der Waals surface area contributed by atoms with Gasteiger partial charge in [0.1, 0.15) is 0 Å². The standard InChI is InChI=1S/C9H18.C2H6/c1-5-7-9(4)8(3)6-2;1-2/h5-7H2,1-4H3;1-2H3/b9-8-;. The maximum absolute atomic E-state index is 2.24. The molecule has 0 unspecified atom stereocenters. The first kappa shape index (κ1) is 13.3. The third-order valence-corrected chi connectivity index (χ3v) is 1.88. The van der Waals surface area contributed by atoms with E-state index in [4.69, 9.17) is 0 Å². The monoisotopic (exact) mass is 156 g/mol. The van der Waals surface area contributed by atoms with Gasteiger partial charge < -0.3 is 0 Å². The van der Waals surface area contributed by atoms with Crippen LogP contribution in [0.4, 0.5) is 0 Å². The summed E-state index contributed by atoms with van der Waals surface area (Å²) in [6, 6.07) is 0. The Bertz CT molecular complexity index is 98.6. The zero-order chi connectivity index (χ0) is 9.28. The first-order valence-corrected chi connectivity index (χ1v) is 4.87. The maximum Gasteiger partial charge on any atom is -0.0323 e. The molecule has 11 heavy (non-hydrogen) atoms. The van der Waals surface area contributed by atoms with Crippen molar-refractivity contribution in [1.82, 2.24) is 0 Å². The second-order valence-corrected chi connectivity index (χ2v) is 2.66. The lowest BCUT2D eigenvalue weighted by atomic mass is 10.1. The van der Waals surface area contributed by atoms with Gasteiger partial charge in [-0.3, -0.25) is 0 Å². The second kappa shape index (κ2) is 9.74. The van der Waals surface area contributed by atoms with E-state index in [0.717, 1.165) is 0 Å². The number of allylic oxidation sites excluding steroid dienone is 2. The summed E-state index contributed by atoms with van der Waals surface area (Å²) in [5, 5.41) is 0. The fraction of sp³-hybridized carbons (Fsp3) is 0.818. The van der Waals surface area contributed by atoms with Crippen LogP contribution in [-0.4, -0.2) is 0 Å². The summed E-state index contributed by atoms with van der Waals surface area (Å²) in [6.45, 7) is 12.9. The summed E-state index contributed by atoms with van der Waals surface area (Å²) in [7, 11) is 0. The summed E-state index contributed by atoms with van der Waals surface area (Å²) in [4.78, 5) is 0. The molecule has 0 aromatic carbocycles. The van der Waals surface area contributed by atoms with Gasteiger partial charge in [-0.05, 0) is 26.7 Å². The third kappa shape index (κ3) is 7.64. The number of hydrogen-bond acceptors (Lipinski definition) is 0. The Labute approximate surface area is 72.7 Å². The first-order valence-electron chi connectivity index (χ1n) is 4.87. The lowest BCUT2D eigenvalue weighted by molar-refractivity contribution is 0.874. The van der Waals surface area contributed by atoms with E-state index in [0.29, 0.717) is 0 Å². The van der Waals surface area contributed by atoms with Gasteiger partial charge in [0.2, 0.25) is 0 Å². The van der Waals surface area contributed by atoms with E-state index < -0.39 is 0 Å². The number of hydrogen-bond donors (Lipinski definition) is 0. The van der Waals surface area contributed by atoms with Crippen LogP contribution >= 0.6 is 0 Å². The molecule has 0 heteroatoms. The van der Waals surface area contributed by atoms with E-state index in [1.165, 1.54) is 19.3 Å². The predicted octanol–water partition coefficient (Wildman–Crippen LogP) is 4.56.